The van der Waals surface area contributed by atoms with Gasteiger partial charge in [0.2, 0.25) is 0 Å². The predicted molar refractivity (Wildman–Crippen MR) is 59.7 cm³/mol. The first-order valence-corrected chi connectivity index (χ1v) is 6.38. The molecule has 0 spiro atoms. The van der Waals surface area contributed by atoms with Crippen LogP contribution in [0.15, 0.2) is 5.38 Å². The summed E-state index contributed by atoms with van der Waals surface area (Å²) in [6.07, 6.45) is 5.10. The highest BCUT2D eigenvalue weighted by Crippen LogP contribution is 2.29. The summed E-state index contributed by atoms with van der Waals surface area (Å²) in [5, 5.41) is 5.78. The highest BCUT2D eigenvalue weighted by atomic mass is 32.1. The molecule has 15 heavy (non-hydrogen) atoms. The average Bonchev–Trinajstić information content (AvgIpc) is 2.70. The molecule has 0 N–H and O–H groups in total. The fraction of sp³-hybridized carbons (Fsp3) is 0.727. The van der Waals surface area contributed by atoms with Gasteiger partial charge in [-0.1, -0.05) is 24.3 Å². The van der Waals surface area contributed by atoms with Crippen molar-refractivity contribution in [3.8, 4) is 0 Å². The number of rotatable bonds is 3. The number of ketones is 1. The molecule has 4 heteroatoms. The van der Waals surface area contributed by atoms with E-state index in [9.17, 15) is 4.79 Å². The van der Waals surface area contributed by atoms with Gasteiger partial charge in [0.15, 0.2) is 0 Å². The quantitative estimate of drug-likeness (QED) is 0.792. The Bertz CT molecular complexity index is 323. The van der Waals surface area contributed by atoms with E-state index < -0.39 is 0 Å². The fourth-order valence-electron chi connectivity index (χ4n) is 2.31. The van der Waals surface area contributed by atoms with Gasteiger partial charge in [0.25, 0.3) is 0 Å². The summed E-state index contributed by atoms with van der Waals surface area (Å²) in [5.41, 5.74) is 0.836. The number of hydrogen-bond donors (Lipinski definition) is 0. The first-order chi connectivity index (χ1) is 7.25. The Labute approximate surface area is 94.1 Å². The molecule has 0 radical (unpaired) electrons. The molecular formula is C11H16N2OS. The SMILES string of the molecule is CC1CCCC(C(=O)Cc2csnn2)C1. The molecule has 1 saturated carbocycles. The van der Waals surface area contributed by atoms with Crippen molar-refractivity contribution in [2.24, 2.45) is 11.8 Å². The van der Waals surface area contributed by atoms with Crippen LogP contribution in [-0.2, 0) is 11.2 Å². The zero-order valence-electron chi connectivity index (χ0n) is 8.98. The third kappa shape index (κ3) is 2.84. The zero-order chi connectivity index (χ0) is 10.7. The van der Waals surface area contributed by atoms with E-state index in [1.807, 2.05) is 5.38 Å². The Kier molecular flexibility index (Phi) is 3.46. The van der Waals surface area contributed by atoms with Crippen LogP contribution in [0, 0.1) is 11.8 Å². The molecule has 2 atom stereocenters. The zero-order valence-corrected chi connectivity index (χ0v) is 9.80. The van der Waals surface area contributed by atoms with Gasteiger partial charge in [-0.2, -0.15) is 0 Å². The third-order valence-corrected chi connectivity index (χ3v) is 3.71. The molecule has 2 rings (SSSR count). The summed E-state index contributed by atoms with van der Waals surface area (Å²) < 4.78 is 3.77. The van der Waals surface area contributed by atoms with Gasteiger partial charge in [-0.05, 0) is 30.3 Å². The van der Waals surface area contributed by atoms with E-state index in [0.29, 0.717) is 18.1 Å². The molecular weight excluding hydrogens is 208 g/mol. The molecule has 2 unspecified atom stereocenters. The minimum absolute atomic E-state index is 0.274. The third-order valence-electron chi connectivity index (χ3n) is 3.15. The molecule has 3 nitrogen and oxygen atoms in total. The maximum Gasteiger partial charge on any atom is 0.142 e. The van der Waals surface area contributed by atoms with Crippen molar-refractivity contribution in [3.05, 3.63) is 11.1 Å². The van der Waals surface area contributed by atoms with Crippen molar-refractivity contribution in [2.75, 3.05) is 0 Å². The van der Waals surface area contributed by atoms with Crippen LogP contribution in [0.1, 0.15) is 38.3 Å². The Morgan fingerprint density at radius 2 is 2.47 bits per heavy atom. The van der Waals surface area contributed by atoms with E-state index >= 15 is 0 Å². The Morgan fingerprint density at radius 1 is 1.60 bits per heavy atom. The van der Waals surface area contributed by atoms with E-state index in [1.54, 1.807) is 0 Å². The molecule has 1 aromatic heterocycles. The molecule has 0 amide bonds. The van der Waals surface area contributed by atoms with Crippen LogP contribution in [0.4, 0.5) is 0 Å². The Hall–Kier alpha value is -0.770. The van der Waals surface area contributed by atoms with Gasteiger partial charge in [-0.15, -0.1) is 5.10 Å². The molecule has 0 saturated heterocycles. The van der Waals surface area contributed by atoms with E-state index in [1.165, 1.54) is 24.4 Å². The standard InChI is InChI=1S/C11H16N2OS/c1-8-3-2-4-9(5-8)11(14)6-10-7-15-13-12-10/h7-9H,2-6H2,1H3. The molecule has 1 heterocycles. The highest BCUT2D eigenvalue weighted by Gasteiger charge is 2.25. The minimum atomic E-state index is 0.274. The van der Waals surface area contributed by atoms with E-state index in [2.05, 4.69) is 16.5 Å². The number of carbonyl (C=O) groups is 1. The topological polar surface area (TPSA) is 42.9 Å². The van der Waals surface area contributed by atoms with Crippen molar-refractivity contribution >= 4 is 17.3 Å². The molecule has 1 aliphatic rings. The maximum atomic E-state index is 11.9. The van der Waals surface area contributed by atoms with Crippen LogP contribution in [0.2, 0.25) is 0 Å². The molecule has 1 aliphatic carbocycles. The van der Waals surface area contributed by atoms with Gasteiger partial charge in [0.05, 0.1) is 12.1 Å². The lowest BCUT2D eigenvalue weighted by Crippen LogP contribution is -2.23. The second kappa shape index (κ2) is 4.84. The normalized spacial score (nSPS) is 26.5. The number of hydrogen-bond acceptors (Lipinski definition) is 4. The van der Waals surface area contributed by atoms with Crippen LogP contribution in [-0.4, -0.2) is 15.4 Å². The van der Waals surface area contributed by atoms with E-state index in [4.69, 9.17) is 0 Å². The Morgan fingerprint density at radius 3 is 3.13 bits per heavy atom. The van der Waals surface area contributed by atoms with Gasteiger partial charge in [-0.25, -0.2) is 0 Å². The maximum absolute atomic E-state index is 11.9. The number of Topliss-reactive ketones (excluding diaryl/α,β-unsaturated/α-hetero) is 1. The summed E-state index contributed by atoms with van der Waals surface area (Å²) >= 11 is 1.32. The summed E-state index contributed by atoms with van der Waals surface area (Å²) in [6.45, 7) is 2.24. The smallest absolute Gasteiger partial charge is 0.142 e. The first-order valence-electron chi connectivity index (χ1n) is 5.54. The van der Waals surface area contributed by atoms with Crippen LogP contribution in [0.25, 0.3) is 0 Å². The van der Waals surface area contributed by atoms with Gasteiger partial charge >= 0.3 is 0 Å². The van der Waals surface area contributed by atoms with Crippen molar-refractivity contribution in [1.29, 1.82) is 0 Å². The first kappa shape index (κ1) is 10.7. The van der Waals surface area contributed by atoms with Gasteiger partial charge < -0.3 is 0 Å². The second-order valence-corrected chi connectivity index (χ2v) is 5.12. The molecule has 0 aromatic carbocycles. The summed E-state index contributed by atoms with van der Waals surface area (Å²) in [6, 6.07) is 0. The monoisotopic (exact) mass is 224 g/mol. The molecule has 1 fully saturated rings. The van der Waals surface area contributed by atoms with Crippen LogP contribution >= 0.6 is 11.5 Å². The van der Waals surface area contributed by atoms with Crippen molar-refractivity contribution in [1.82, 2.24) is 9.59 Å². The number of carbonyl (C=O) groups excluding carboxylic acids is 1. The number of nitrogens with zero attached hydrogens (tertiary/aromatic N) is 2. The van der Waals surface area contributed by atoms with Gasteiger partial charge in [0.1, 0.15) is 5.78 Å². The summed E-state index contributed by atoms with van der Waals surface area (Å²) in [4.78, 5) is 11.9. The lowest BCUT2D eigenvalue weighted by atomic mass is 9.79. The highest BCUT2D eigenvalue weighted by molar-refractivity contribution is 7.03. The lowest BCUT2D eigenvalue weighted by molar-refractivity contribution is -0.123. The number of aromatic nitrogens is 2. The second-order valence-electron chi connectivity index (χ2n) is 4.51. The summed E-state index contributed by atoms with van der Waals surface area (Å²) in [7, 11) is 0. The van der Waals surface area contributed by atoms with Crippen molar-refractivity contribution < 1.29 is 4.79 Å². The van der Waals surface area contributed by atoms with Crippen LogP contribution < -0.4 is 0 Å². The Balaban J connectivity index is 1.90. The predicted octanol–water partition coefficient (Wildman–Crippen LogP) is 2.48. The minimum Gasteiger partial charge on any atom is -0.299 e. The molecule has 0 aliphatic heterocycles. The fourth-order valence-corrected chi connectivity index (χ4v) is 2.76. The lowest BCUT2D eigenvalue weighted by Gasteiger charge is -2.25. The summed E-state index contributed by atoms with van der Waals surface area (Å²) in [5.74, 6) is 1.34. The molecule has 1 aromatic rings. The van der Waals surface area contributed by atoms with Crippen molar-refractivity contribution in [3.63, 3.8) is 0 Å². The van der Waals surface area contributed by atoms with Crippen molar-refractivity contribution in [2.45, 2.75) is 39.0 Å². The van der Waals surface area contributed by atoms with Crippen LogP contribution in [0.3, 0.4) is 0 Å². The van der Waals surface area contributed by atoms with Gasteiger partial charge in [-0.3, -0.25) is 4.79 Å². The van der Waals surface area contributed by atoms with Crippen LogP contribution in [0.5, 0.6) is 0 Å². The van der Waals surface area contributed by atoms with E-state index in [-0.39, 0.29) is 5.92 Å². The van der Waals surface area contributed by atoms with E-state index in [0.717, 1.165) is 18.5 Å². The van der Waals surface area contributed by atoms with Gasteiger partial charge in [0, 0.05) is 11.3 Å². The largest absolute Gasteiger partial charge is 0.299 e. The average molecular weight is 224 g/mol. The molecule has 0 bridgehead atoms. The molecule has 82 valence electrons.